The summed E-state index contributed by atoms with van der Waals surface area (Å²) >= 11 is 0. The summed E-state index contributed by atoms with van der Waals surface area (Å²) in [6.07, 6.45) is 0. The summed E-state index contributed by atoms with van der Waals surface area (Å²) in [6, 6.07) is 4.08. The van der Waals surface area contributed by atoms with E-state index in [2.05, 4.69) is 0 Å². The molecule has 1 N–H and O–H groups in total. The molecule has 0 amide bonds. The lowest BCUT2D eigenvalue weighted by Gasteiger charge is -2.29. The average molecular weight is 188 g/mol. The van der Waals surface area contributed by atoms with Crippen molar-refractivity contribution >= 4 is 5.69 Å². The molecule has 1 aliphatic heterocycles. The van der Waals surface area contributed by atoms with Gasteiger partial charge in [0.05, 0.1) is 5.48 Å². The number of rotatable bonds is 1. The Morgan fingerprint density at radius 1 is 1.23 bits per heavy atom. The van der Waals surface area contributed by atoms with E-state index in [0.717, 1.165) is 24.3 Å². The molecule has 2 nitrogen and oxygen atoms in total. The fraction of sp³-hybridized carbons (Fsp3) is 0.400. The Morgan fingerprint density at radius 2 is 1.85 bits per heavy atom. The van der Waals surface area contributed by atoms with Crippen molar-refractivity contribution in [2.45, 2.75) is 0 Å². The first-order valence-corrected chi connectivity index (χ1v) is 3.68. The van der Waals surface area contributed by atoms with Gasteiger partial charge in [-0.1, -0.05) is 0 Å². The molecule has 0 spiro atoms. The number of piperazine rings is 1. The summed E-state index contributed by atoms with van der Waals surface area (Å²) in [5.41, 5.74) is -0.166. The highest BCUT2D eigenvalue weighted by molar-refractivity contribution is 5.46. The molecular weight excluding hydrogens is 167 g/mol. The van der Waals surface area contributed by atoms with Crippen LogP contribution in [0.25, 0.3) is 0 Å². The zero-order chi connectivity index (χ0) is 16.3. The molecule has 0 atom stereocenters. The highest BCUT2D eigenvalue weighted by Crippen LogP contribution is 2.14. The first-order chi connectivity index (χ1) is 9.33. The van der Waals surface area contributed by atoms with E-state index in [9.17, 15) is 4.39 Å². The number of nitrogens with one attached hydrogen (secondary N) is 1. The van der Waals surface area contributed by atoms with Crippen molar-refractivity contribution < 1.29 is 15.4 Å². The topological polar surface area (TPSA) is 15.3 Å². The van der Waals surface area contributed by atoms with Gasteiger partial charge >= 0.3 is 0 Å². The number of benzene rings is 1. The van der Waals surface area contributed by atoms with Crippen LogP contribution in [0.4, 0.5) is 10.1 Å². The molecule has 0 unspecified atom stereocenters. The maximum absolute atomic E-state index is 13.0. The molecular formula is C10H13FN2. The third-order valence-corrected chi connectivity index (χ3v) is 1.55. The van der Waals surface area contributed by atoms with Gasteiger partial charge in [-0.15, -0.1) is 0 Å². The van der Waals surface area contributed by atoms with Crippen molar-refractivity contribution in [1.82, 2.24) is 5.32 Å². The van der Waals surface area contributed by atoms with Crippen molar-refractivity contribution in [2.24, 2.45) is 0 Å². The third-order valence-electron chi connectivity index (χ3n) is 1.55. The van der Waals surface area contributed by atoms with E-state index in [1.54, 1.807) is 5.32 Å². The summed E-state index contributed by atoms with van der Waals surface area (Å²) in [4.78, 5) is 0.357. The third kappa shape index (κ3) is 1.98. The normalized spacial score (nSPS) is 42.1. The number of anilines is 1. The van der Waals surface area contributed by atoms with Crippen LogP contribution in [-0.4, -0.2) is 26.0 Å². The molecule has 70 valence electrons. The Balaban J connectivity index is 2.64. The van der Waals surface area contributed by atoms with Crippen LogP contribution in [0.2, 0.25) is 0 Å². The van der Waals surface area contributed by atoms with Crippen LogP contribution in [0.15, 0.2) is 24.3 Å². The second-order valence-electron chi connectivity index (χ2n) is 2.41. The molecule has 0 aromatic heterocycles. The summed E-state index contributed by atoms with van der Waals surface area (Å²) in [5, 5.41) is 1.72. The first-order valence-electron chi connectivity index (χ1n) is 7.68. The van der Waals surface area contributed by atoms with Gasteiger partial charge in [0.15, 0.2) is 0 Å². The van der Waals surface area contributed by atoms with Crippen molar-refractivity contribution in [3.63, 3.8) is 0 Å². The molecule has 3 heteroatoms. The van der Waals surface area contributed by atoms with Gasteiger partial charge in [0.25, 0.3) is 0 Å². The lowest BCUT2D eigenvalue weighted by Crippen LogP contribution is -2.43. The first kappa shape index (κ1) is 3.24. The van der Waals surface area contributed by atoms with Crippen LogP contribution in [0.1, 0.15) is 11.0 Å². The number of hydrogen-bond acceptors (Lipinski definition) is 2. The lowest BCUT2D eigenvalue weighted by molar-refractivity contribution is 0.587. The zero-order valence-electron chi connectivity index (χ0n) is 14.6. The van der Waals surface area contributed by atoms with Gasteiger partial charge in [-0.3, -0.25) is 0 Å². The van der Waals surface area contributed by atoms with E-state index in [0.29, 0.717) is 4.90 Å². The molecule has 0 radical (unpaired) electrons. The Morgan fingerprint density at radius 3 is 2.46 bits per heavy atom. The van der Waals surface area contributed by atoms with Gasteiger partial charge in [-0.25, -0.2) is 4.39 Å². The van der Waals surface area contributed by atoms with Crippen LogP contribution in [0.5, 0.6) is 0 Å². The summed E-state index contributed by atoms with van der Waals surface area (Å²) < 4.78 is 75.0. The molecule has 1 aliphatic rings. The SMILES string of the molecule is [2H]C1([2H])NC([2H])([2H])C([2H])([2H])N(c2ccc(F)cc2)C1([2H])[2H]. The van der Waals surface area contributed by atoms with E-state index in [1.165, 1.54) is 0 Å². The van der Waals surface area contributed by atoms with E-state index < -0.39 is 31.8 Å². The highest BCUT2D eigenvalue weighted by atomic mass is 19.1. The largest absolute Gasteiger partial charge is 0.369 e. The summed E-state index contributed by atoms with van der Waals surface area (Å²) in [7, 11) is 0. The quantitative estimate of drug-likeness (QED) is 0.713. The Kier molecular flexibility index (Phi) is 0.935. The number of hydrogen-bond donors (Lipinski definition) is 1. The smallest absolute Gasteiger partial charge is 0.123 e. The standard InChI is InChI=1S/C10H13FN2/c11-9-1-3-10(4-2-9)13-7-5-12-6-8-13/h1-4,12H,5-8H2/i5D2,6D2,7D2,8D2. The monoisotopic (exact) mass is 188 g/mol. The van der Waals surface area contributed by atoms with Gasteiger partial charge in [-0.05, 0) is 24.3 Å². The minimum absolute atomic E-state index is 0.166. The summed E-state index contributed by atoms with van der Waals surface area (Å²) in [5.74, 6) is -0.624. The maximum atomic E-state index is 13.0. The highest BCUT2D eigenvalue weighted by Gasteiger charge is 2.09. The molecule has 1 aromatic rings. The average Bonchev–Trinajstić information content (AvgIpc) is 2.28. The minimum Gasteiger partial charge on any atom is -0.369 e. The van der Waals surface area contributed by atoms with Crippen LogP contribution in [0, 0.1) is 5.82 Å². The van der Waals surface area contributed by atoms with E-state index in [-0.39, 0.29) is 5.69 Å². The molecule has 0 bridgehead atoms. The van der Waals surface area contributed by atoms with E-state index in [1.807, 2.05) is 0 Å². The Hall–Kier alpha value is -1.09. The second kappa shape index (κ2) is 3.75. The second-order valence-corrected chi connectivity index (χ2v) is 2.41. The fourth-order valence-corrected chi connectivity index (χ4v) is 0.946. The maximum Gasteiger partial charge on any atom is 0.123 e. The molecule has 2 rings (SSSR count). The van der Waals surface area contributed by atoms with Gasteiger partial charge in [0.2, 0.25) is 0 Å². The van der Waals surface area contributed by atoms with Gasteiger partial charge in [-0.2, -0.15) is 0 Å². The predicted molar refractivity (Wildman–Crippen MR) is 51.5 cm³/mol. The van der Waals surface area contributed by atoms with Gasteiger partial charge in [0.1, 0.15) is 5.82 Å². The Bertz CT molecular complexity index is 518. The van der Waals surface area contributed by atoms with Crippen LogP contribution < -0.4 is 10.2 Å². The van der Waals surface area contributed by atoms with Crippen LogP contribution >= 0.6 is 0 Å². The van der Waals surface area contributed by atoms with E-state index in [4.69, 9.17) is 11.0 Å². The molecule has 1 saturated heterocycles. The van der Waals surface area contributed by atoms with Crippen LogP contribution in [-0.2, 0) is 0 Å². The number of nitrogens with zero attached hydrogens (tertiary/aromatic N) is 1. The Labute approximate surface area is 88.6 Å². The zero-order valence-corrected chi connectivity index (χ0v) is 6.63. The van der Waals surface area contributed by atoms with Crippen molar-refractivity contribution in [3.8, 4) is 0 Å². The molecule has 1 fully saturated rings. The summed E-state index contributed by atoms with van der Waals surface area (Å²) in [6.45, 7) is -11.5. The van der Waals surface area contributed by atoms with Gasteiger partial charge < -0.3 is 10.2 Å². The number of halogens is 1. The van der Waals surface area contributed by atoms with Crippen molar-refractivity contribution in [2.75, 3.05) is 30.9 Å². The van der Waals surface area contributed by atoms with E-state index >= 15 is 0 Å². The van der Waals surface area contributed by atoms with Gasteiger partial charge in [0, 0.05) is 37.2 Å². The molecule has 13 heavy (non-hydrogen) atoms. The molecule has 1 heterocycles. The molecule has 0 aliphatic carbocycles. The minimum atomic E-state index is -2.90. The van der Waals surface area contributed by atoms with Crippen LogP contribution in [0.3, 0.4) is 0 Å². The van der Waals surface area contributed by atoms with Crippen molar-refractivity contribution in [1.29, 1.82) is 0 Å². The van der Waals surface area contributed by atoms with Crippen molar-refractivity contribution in [3.05, 3.63) is 30.1 Å². The fourth-order valence-electron chi connectivity index (χ4n) is 0.946. The predicted octanol–water partition coefficient (Wildman–Crippen LogP) is 1.24. The lowest BCUT2D eigenvalue weighted by atomic mass is 10.2. The molecule has 1 aromatic carbocycles. The molecule has 0 saturated carbocycles.